The van der Waals surface area contributed by atoms with Crippen LogP contribution in [0.2, 0.25) is 0 Å². The van der Waals surface area contributed by atoms with Crippen LogP contribution in [0.1, 0.15) is 138 Å². The zero-order valence-corrected chi connectivity index (χ0v) is 22.3. The minimum atomic E-state index is -5.14. The maximum absolute atomic E-state index is 8.66. The molecule has 0 aromatic heterocycles. The summed E-state index contributed by atoms with van der Waals surface area (Å²) in [5, 5.41) is 0. The minimum absolute atomic E-state index is 0. The third kappa shape index (κ3) is 32.3. The molecule has 0 aromatic rings. The zero-order valence-electron chi connectivity index (χ0n) is 22.4. The molecule has 190 valence electrons. The lowest BCUT2D eigenvalue weighted by Gasteiger charge is -2.35. The fourth-order valence-electron chi connectivity index (χ4n) is 4.16. The molecule has 0 spiro atoms. The lowest BCUT2D eigenvalue weighted by Crippen LogP contribution is -2.46. The Bertz CT molecular complexity index is 358. The van der Waals surface area contributed by atoms with E-state index >= 15 is 0 Å². The average molecular weight is 466 g/mol. The Hall–Kier alpha value is 0.0700. The summed E-state index contributed by atoms with van der Waals surface area (Å²) < 4.78 is 10.0. The molecule has 0 atom stereocenters. The van der Waals surface area contributed by atoms with E-state index in [1.165, 1.54) is 140 Å². The van der Waals surface area contributed by atoms with Crippen LogP contribution in [-0.4, -0.2) is 36.1 Å². The highest BCUT2D eigenvalue weighted by Crippen LogP contribution is 2.16. The van der Waals surface area contributed by atoms with E-state index in [0.29, 0.717) is 0 Å². The lowest BCUT2D eigenvalue weighted by molar-refractivity contribution is -0.910. The van der Waals surface area contributed by atoms with Gasteiger partial charge < -0.3 is 23.7 Å². The summed E-state index contributed by atoms with van der Waals surface area (Å²) in [5.41, 5.74) is 0. The van der Waals surface area contributed by atoms with Crippen molar-refractivity contribution in [2.75, 3.05) is 26.7 Å². The van der Waals surface area contributed by atoms with Gasteiger partial charge in [-0.25, -0.2) is 0 Å². The molecule has 0 fully saturated rings. The van der Waals surface area contributed by atoms with Gasteiger partial charge in [0.05, 0.1) is 34.5 Å². The van der Waals surface area contributed by atoms with Crippen LogP contribution in [0.15, 0.2) is 0 Å². The fourth-order valence-corrected chi connectivity index (χ4v) is 4.16. The zero-order chi connectivity index (χ0) is 23.8. The van der Waals surface area contributed by atoms with Crippen molar-refractivity contribution in [3.63, 3.8) is 0 Å². The highest BCUT2D eigenvalue weighted by molar-refractivity contribution is 7.42. The van der Waals surface area contributed by atoms with Gasteiger partial charge in [-0.2, -0.15) is 0 Å². The molecule has 0 radical (unpaired) electrons. The summed E-state index contributed by atoms with van der Waals surface area (Å²) in [7, 11) is -2.58. The number of rotatable bonds is 21. The van der Waals surface area contributed by atoms with E-state index < -0.39 is 7.82 Å². The second-order valence-corrected chi connectivity index (χ2v) is 10.5. The van der Waals surface area contributed by atoms with Gasteiger partial charge in [0.1, 0.15) is 0 Å². The number of hydrogen-bond donors (Lipinski definition) is 1. The van der Waals surface area contributed by atoms with Crippen molar-refractivity contribution in [2.45, 2.75) is 136 Å². The van der Waals surface area contributed by atoms with Crippen LogP contribution in [0.3, 0.4) is 0 Å². The molecule has 0 aromatic carbocycles. The topological polar surface area (TPSA) is 83.4 Å². The average Bonchev–Trinajstić information content (AvgIpc) is 2.69. The quantitative estimate of drug-likeness (QED) is 0.120. The smallest absolute Gasteiger partial charge is 0.790 e. The van der Waals surface area contributed by atoms with E-state index in [2.05, 4.69) is 27.8 Å². The third-order valence-electron chi connectivity index (χ3n) is 6.15. The number of phosphoric acid groups is 1. The summed E-state index contributed by atoms with van der Waals surface area (Å²) in [5.74, 6) is 0. The van der Waals surface area contributed by atoms with Gasteiger partial charge in [-0.15, -0.1) is 0 Å². The number of nitrogens with zero attached hydrogens (tertiary/aromatic N) is 1. The van der Waals surface area contributed by atoms with E-state index in [4.69, 9.17) is 19.2 Å². The molecule has 6 heteroatoms. The normalized spacial score (nSPS) is 12.0. The van der Waals surface area contributed by atoms with Crippen molar-refractivity contribution >= 4 is 7.82 Å². The van der Waals surface area contributed by atoms with E-state index in [-0.39, 0.29) is 1.43 Å². The molecule has 5 nitrogen and oxygen atoms in total. The Balaban J connectivity index is -0.00000125. The largest absolute Gasteiger partial charge is 1.00 e. The molecule has 0 aliphatic carbocycles. The second-order valence-electron chi connectivity index (χ2n) is 9.56. The van der Waals surface area contributed by atoms with Crippen molar-refractivity contribution in [3.8, 4) is 0 Å². The third-order valence-corrected chi connectivity index (χ3v) is 6.15. The Labute approximate surface area is 196 Å². The van der Waals surface area contributed by atoms with E-state index in [1.54, 1.807) is 0 Å². The summed E-state index contributed by atoms with van der Waals surface area (Å²) in [4.78, 5) is 24.3. The van der Waals surface area contributed by atoms with Crippen LogP contribution in [0.25, 0.3) is 0 Å². The van der Waals surface area contributed by atoms with E-state index in [0.717, 1.165) is 0 Å². The number of quaternary nitrogens is 1. The van der Waals surface area contributed by atoms with Crippen LogP contribution in [0.5, 0.6) is 0 Å². The summed E-state index contributed by atoms with van der Waals surface area (Å²) in [6, 6.07) is 0. The number of unbranched alkanes of at least 4 members (excludes halogenated alkanes) is 15. The predicted molar refractivity (Wildman–Crippen MR) is 132 cm³/mol. The first kappa shape index (κ1) is 33.2. The summed E-state index contributed by atoms with van der Waals surface area (Å²) >= 11 is 0. The molecule has 31 heavy (non-hydrogen) atoms. The lowest BCUT2D eigenvalue weighted by atomic mass is 10.1. The van der Waals surface area contributed by atoms with Crippen molar-refractivity contribution in [2.24, 2.45) is 0 Å². The molecule has 0 saturated carbocycles. The van der Waals surface area contributed by atoms with Gasteiger partial charge in [0, 0.05) is 0 Å². The van der Waals surface area contributed by atoms with Gasteiger partial charge in [-0.05, 0) is 38.5 Å². The van der Waals surface area contributed by atoms with Crippen LogP contribution in [-0.2, 0) is 4.57 Å². The molecule has 0 heterocycles. The van der Waals surface area contributed by atoms with Gasteiger partial charge in [-0.3, -0.25) is 0 Å². The maximum atomic E-state index is 8.66. The predicted octanol–water partition coefficient (Wildman–Crippen LogP) is 6.43. The van der Waals surface area contributed by atoms with Crippen LogP contribution >= 0.6 is 7.82 Å². The Morgan fingerprint density at radius 3 is 1.00 bits per heavy atom. The standard InChI is InChI=1S/C25H54N.H3O4P/c1-5-8-11-14-17-20-23-26(4,24-21-18-15-12-9-6-2)25-22-19-16-13-10-7-3;1-5(2,3)4/h5-25H2,1-4H3;(H3,1,2,3,4)/q+1;/p-1. The van der Waals surface area contributed by atoms with Crippen LogP contribution in [0.4, 0.5) is 0 Å². The molecular formula is C25H56NO4P. The first-order valence-electron chi connectivity index (χ1n) is 13.3. The first-order chi connectivity index (χ1) is 14.7. The van der Waals surface area contributed by atoms with Gasteiger partial charge in [0.2, 0.25) is 0 Å². The molecule has 0 rings (SSSR count). The summed E-state index contributed by atoms with van der Waals surface area (Å²) in [6.45, 7) is 11.2. The van der Waals surface area contributed by atoms with Crippen molar-refractivity contribution in [1.82, 2.24) is 0 Å². The van der Waals surface area contributed by atoms with Gasteiger partial charge in [0.15, 0.2) is 0 Å². The van der Waals surface area contributed by atoms with Gasteiger partial charge >= 0.3 is 1.43 Å². The highest BCUT2D eigenvalue weighted by Gasteiger charge is 2.20. The monoisotopic (exact) mass is 465 g/mol. The fraction of sp³-hybridized carbons (Fsp3) is 1.00. The second kappa shape index (κ2) is 23.2. The molecule has 0 bridgehead atoms. The Kier molecular flexibility index (Phi) is 24.9. The van der Waals surface area contributed by atoms with Crippen molar-refractivity contribution < 1.29 is 25.2 Å². The molecule has 1 N–H and O–H groups in total. The summed E-state index contributed by atoms with van der Waals surface area (Å²) in [6.07, 6.45) is 25.9. The SMILES string of the molecule is CCCCCCCC[N+](C)(CCCCCCCC)CCCCCCCC.O=P([O-])([O-])O.[H+]. The van der Waals surface area contributed by atoms with Crippen molar-refractivity contribution in [3.05, 3.63) is 0 Å². The van der Waals surface area contributed by atoms with E-state index in [9.17, 15) is 0 Å². The number of hydrogen-bond acceptors (Lipinski definition) is 3. The highest BCUT2D eigenvalue weighted by atomic mass is 31.2. The molecule has 0 aliphatic heterocycles. The minimum Gasteiger partial charge on any atom is -0.790 e. The van der Waals surface area contributed by atoms with Crippen molar-refractivity contribution in [1.29, 1.82) is 0 Å². The Morgan fingerprint density at radius 1 is 0.581 bits per heavy atom. The maximum Gasteiger partial charge on any atom is 1.00 e. The Morgan fingerprint density at radius 2 is 0.774 bits per heavy atom. The van der Waals surface area contributed by atoms with Gasteiger partial charge in [-0.1, -0.05) is 97.8 Å². The van der Waals surface area contributed by atoms with Crippen LogP contribution < -0.4 is 9.79 Å². The molecular weight excluding hydrogens is 409 g/mol. The van der Waals surface area contributed by atoms with Crippen LogP contribution in [0, 0.1) is 0 Å². The van der Waals surface area contributed by atoms with Gasteiger partial charge in [0.25, 0.3) is 0 Å². The first-order valence-corrected chi connectivity index (χ1v) is 14.8. The molecule has 0 aliphatic rings. The van der Waals surface area contributed by atoms with E-state index in [1.807, 2.05) is 0 Å². The molecule has 0 saturated heterocycles. The molecule has 0 amide bonds. The molecule has 0 unspecified atom stereocenters.